The number of allylic oxidation sites excluding steroid dienone is 5. The molecule has 0 N–H and O–H groups in total. The zero-order chi connectivity index (χ0) is 31.1. The normalized spacial score (nSPS) is 15.0. The van der Waals surface area contributed by atoms with Crippen LogP contribution in [0.15, 0.2) is 133 Å². The van der Waals surface area contributed by atoms with Crippen LogP contribution in [0.25, 0.3) is 11.1 Å². The molecule has 224 valence electrons. The van der Waals surface area contributed by atoms with E-state index in [9.17, 15) is 0 Å². The molecule has 0 fully saturated rings. The third kappa shape index (κ3) is 5.23. The van der Waals surface area contributed by atoms with Crippen LogP contribution in [0.5, 0.6) is 0 Å². The first-order chi connectivity index (χ1) is 21.0. The van der Waals surface area contributed by atoms with Crippen LogP contribution in [0.1, 0.15) is 107 Å². The van der Waals surface area contributed by atoms with Gasteiger partial charge in [0.2, 0.25) is 0 Å². The van der Waals surface area contributed by atoms with Crippen molar-refractivity contribution in [2.45, 2.75) is 89.4 Å². The van der Waals surface area contributed by atoms with Gasteiger partial charge in [-0.05, 0) is 81.0 Å². The maximum absolute atomic E-state index is 3.97. The van der Waals surface area contributed by atoms with Gasteiger partial charge in [0.15, 0.2) is 0 Å². The van der Waals surface area contributed by atoms with Gasteiger partial charge in [0.1, 0.15) is 0 Å². The first kappa shape index (κ1) is 30.1. The van der Waals surface area contributed by atoms with Crippen molar-refractivity contribution in [3.8, 4) is 11.1 Å². The van der Waals surface area contributed by atoms with Crippen molar-refractivity contribution in [1.29, 1.82) is 0 Å². The fourth-order valence-corrected chi connectivity index (χ4v) is 7.62. The minimum absolute atomic E-state index is 0.0551. The lowest BCUT2D eigenvalue weighted by atomic mass is 9.58. The second-order valence-corrected chi connectivity index (χ2v) is 15.0. The Balaban J connectivity index is 1.68. The molecule has 2 aliphatic rings. The maximum atomic E-state index is 3.97. The number of unbranched alkanes of at least 4 members (excludes halogenated alkanes) is 1. The average Bonchev–Trinajstić information content (AvgIpc) is 3.61. The molecule has 0 nitrogen and oxygen atoms in total. The van der Waals surface area contributed by atoms with Crippen LogP contribution in [0.4, 0.5) is 0 Å². The summed E-state index contributed by atoms with van der Waals surface area (Å²) >= 11 is 0. The van der Waals surface area contributed by atoms with E-state index in [-0.39, 0.29) is 22.2 Å². The minimum Gasteiger partial charge on any atom is -0.103 e. The van der Waals surface area contributed by atoms with E-state index in [1.54, 1.807) is 0 Å². The van der Waals surface area contributed by atoms with E-state index in [2.05, 4.69) is 157 Å². The third-order valence-corrected chi connectivity index (χ3v) is 9.99. The summed E-state index contributed by atoms with van der Waals surface area (Å²) in [5.41, 5.74) is 13.9. The summed E-state index contributed by atoms with van der Waals surface area (Å²) in [7, 11) is 0. The summed E-state index contributed by atoms with van der Waals surface area (Å²) in [4.78, 5) is 0. The van der Waals surface area contributed by atoms with Crippen LogP contribution in [-0.2, 0) is 16.2 Å². The summed E-state index contributed by atoms with van der Waals surface area (Å²) in [5, 5.41) is 0. The van der Waals surface area contributed by atoms with E-state index >= 15 is 0 Å². The highest BCUT2D eigenvalue weighted by molar-refractivity contribution is 5.82. The molecule has 0 aromatic heterocycles. The molecule has 0 aliphatic heterocycles. The predicted octanol–water partition coefficient (Wildman–Crippen LogP) is 12.0. The summed E-state index contributed by atoms with van der Waals surface area (Å²) in [6, 6.07) is 37.4. The summed E-state index contributed by atoms with van der Waals surface area (Å²) in [5.74, 6) is 0.133. The first-order valence-electron chi connectivity index (χ1n) is 16.5. The Hall–Kier alpha value is -3.90. The van der Waals surface area contributed by atoms with Crippen molar-refractivity contribution in [2.75, 3.05) is 0 Å². The van der Waals surface area contributed by atoms with Gasteiger partial charge in [-0.15, -0.1) is 6.58 Å². The molecule has 44 heavy (non-hydrogen) atoms. The van der Waals surface area contributed by atoms with Crippen LogP contribution in [0.2, 0.25) is 0 Å². The highest BCUT2D eigenvalue weighted by Gasteiger charge is 2.51. The Bertz CT molecular complexity index is 1610. The van der Waals surface area contributed by atoms with E-state index in [1.165, 1.54) is 55.7 Å². The molecule has 4 aromatic rings. The molecule has 0 atom stereocenters. The Morgan fingerprint density at radius 1 is 0.636 bits per heavy atom. The largest absolute Gasteiger partial charge is 0.103 e. The number of rotatable bonds is 8. The molecule has 0 bridgehead atoms. The molecule has 0 saturated heterocycles. The molecular formula is C44H48. The van der Waals surface area contributed by atoms with Gasteiger partial charge < -0.3 is 0 Å². The van der Waals surface area contributed by atoms with Gasteiger partial charge in [0.25, 0.3) is 0 Å². The molecule has 0 amide bonds. The Morgan fingerprint density at radius 2 is 1.14 bits per heavy atom. The van der Waals surface area contributed by atoms with Crippen molar-refractivity contribution in [1.82, 2.24) is 0 Å². The van der Waals surface area contributed by atoms with Crippen molar-refractivity contribution in [2.24, 2.45) is 0 Å². The van der Waals surface area contributed by atoms with Crippen LogP contribution >= 0.6 is 0 Å². The molecule has 2 aliphatic carbocycles. The standard InChI is InChI=1S/C44H48/c1-8-9-12-17-31-22-23-36(28-31)44(32-18-13-10-14-19-32,33-20-15-11-16-21-33)41-39-29-34(42(2,3)4)24-26-37(39)38-27-25-35(30-40(38)41)43(5,6)7/h8,10-11,13-16,18-27,29-30,41H,1,9,12,17,28H2,2-7H3. The minimum atomic E-state index is -0.369. The van der Waals surface area contributed by atoms with Crippen molar-refractivity contribution in [3.63, 3.8) is 0 Å². The summed E-state index contributed by atoms with van der Waals surface area (Å²) < 4.78 is 0. The highest BCUT2D eigenvalue weighted by atomic mass is 14.5. The van der Waals surface area contributed by atoms with Gasteiger partial charge in [-0.2, -0.15) is 0 Å². The predicted molar refractivity (Wildman–Crippen MR) is 190 cm³/mol. The molecule has 0 saturated carbocycles. The lowest BCUT2D eigenvalue weighted by Crippen LogP contribution is -2.37. The van der Waals surface area contributed by atoms with E-state index < -0.39 is 0 Å². The number of hydrogen-bond acceptors (Lipinski definition) is 0. The van der Waals surface area contributed by atoms with Crippen LogP contribution < -0.4 is 0 Å². The van der Waals surface area contributed by atoms with Gasteiger partial charge in [0.05, 0.1) is 5.41 Å². The molecule has 6 rings (SSSR count). The lowest BCUT2D eigenvalue weighted by Gasteiger charge is -2.44. The van der Waals surface area contributed by atoms with Crippen molar-refractivity contribution in [3.05, 3.63) is 166 Å². The highest BCUT2D eigenvalue weighted by Crippen LogP contribution is 2.61. The average molecular weight is 577 g/mol. The second-order valence-electron chi connectivity index (χ2n) is 15.0. The fraction of sp³-hybridized carbons (Fsp3) is 0.318. The maximum Gasteiger partial charge on any atom is 0.0526 e. The Labute approximate surface area is 266 Å². The molecule has 0 radical (unpaired) electrons. The molecule has 0 heteroatoms. The van der Waals surface area contributed by atoms with Gasteiger partial charge >= 0.3 is 0 Å². The molecule has 4 aromatic carbocycles. The third-order valence-electron chi connectivity index (χ3n) is 9.99. The van der Waals surface area contributed by atoms with Gasteiger partial charge in [-0.1, -0.05) is 168 Å². The number of hydrogen-bond donors (Lipinski definition) is 0. The second kappa shape index (κ2) is 11.6. The quantitative estimate of drug-likeness (QED) is 0.145. The summed E-state index contributed by atoms with van der Waals surface area (Å²) in [6.45, 7) is 18.0. The Kier molecular flexibility index (Phi) is 7.91. The van der Waals surface area contributed by atoms with Crippen molar-refractivity contribution >= 4 is 0 Å². The zero-order valence-electron chi connectivity index (χ0n) is 27.6. The van der Waals surface area contributed by atoms with E-state index in [0.717, 1.165) is 25.7 Å². The van der Waals surface area contributed by atoms with Crippen LogP contribution in [0, 0.1) is 0 Å². The topological polar surface area (TPSA) is 0 Å². The van der Waals surface area contributed by atoms with Crippen LogP contribution in [0.3, 0.4) is 0 Å². The molecule has 0 heterocycles. The molecular weight excluding hydrogens is 528 g/mol. The van der Waals surface area contributed by atoms with E-state index in [0.29, 0.717) is 0 Å². The van der Waals surface area contributed by atoms with E-state index in [4.69, 9.17) is 0 Å². The first-order valence-corrected chi connectivity index (χ1v) is 16.5. The van der Waals surface area contributed by atoms with Crippen LogP contribution in [-0.4, -0.2) is 0 Å². The smallest absolute Gasteiger partial charge is 0.0526 e. The SMILES string of the molecule is C=CCCCC1=CC=C(C(c2ccccc2)(c2ccccc2)C2c3cc(C(C)(C)C)ccc3-c3ccc(C(C)(C)C)cc32)C1. The van der Waals surface area contributed by atoms with Gasteiger partial charge in [-0.25, -0.2) is 0 Å². The van der Waals surface area contributed by atoms with Gasteiger partial charge in [-0.3, -0.25) is 0 Å². The zero-order valence-corrected chi connectivity index (χ0v) is 27.6. The summed E-state index contributed by atoms with van der Waals surface area (Å²) in [6.07, 6.45) is 11.3. The Morgan fingerprint density at radius 3 is 1.59 bits per heavy atom. The van der Waals surface area contributed by atoms with Gasteiger partial charge in [0, 0.05) is 5.92 Å². The molecule has 0 spiro atoms. The number of fused-ring (bicyclic) bond motifs is 3. The van der Waals surface area contributed by atoms with Crippen molar-refractivity contribution < 1.29 is 0 Å². The molecule has 0 unspecified atom stereocenters. The number of benzene rings is 4. The lowest BCUT2D eigenvalue weighted by molar-refractivity contribution is 0.518. The van der Waals surface area contributed by atoms with E-state index in [1.807, 2.05) is 6.08 Å². The fourth-order valence-electron chi connectivity index (χ4n) is 7.62. The monoisotopic (exact) mass is 576 g/mol.